The molecule has 2 atom stereocenters. The number of halogens is 1. The summed E-state index contributed by atoms with van der Waals surface area (Å²) in [5, 5.41) is 1.91. The van der Waals surface area contributed by atoms with Gasteiger partial charge in [-0.1, -0.05) is 28.3 Å². The number of carbonyl (C=O) groups excluding carboxylic acids is 1. The first kappa shape index (κ1) is 14.3. The molecule has 104 valence electrons. The maximum atomic E-state index is 13.8. The van der Waals surface area contributed by atoms with Crippen molar-refractivity contribution in [3.63, 3.8) is 0 Å². The van der Waals surface area contributed by atoms with E-state index in [1.807, 2.05) is 30.0 Å². The van der Waals surface area contributed by atoms with Crippen LogP contribution in [0, 0.1) is 0 Å². The number of hydrogen-bond donors (Lipinski definition) is 1. The van der Waals surface area contributed by atoms with E-state index in [1.165, 1.54) is 6.92 Å². The zero-order valence-corrected chi connectivity index (χ0v) is 12.5. The van der Waals surface area contributed by atoms with Crippen molar-refractivity contribution in [2.75, 3.05) is 18.4 Å². The molecular formula is C14H20FN2OP. The van der Waals surface area contributed by atoms with Crippen LogP contribution >= 0.6 is 9.24 Å². The lowest BCUT2D eigenvalue weighted by molar-refractivity contribution is -0.134. The van der Waals surface area contributed by atoms with Crippen molar-refractivity contribution in [3.8, 4) is 0 Å². The van der Waals surface area contributed by atoms with Crippen LogP contribution in [0.25, 0.3) is 0 Å². The molecule has 19 heavy (non-hydrogen) atoms. The second-order valence-corrected chi connectivity index (χ2v) is 6.23. The number of nitrogens with one attached hydrogen (secondary N) is 1. The van der Waals surface area contributed by atoms with Gasteiger partial charge in [-0.3, -0.25) is 4.79 Å². The Kier molecular flexibility index (Phi) is 4.10. The summed E-state index contributed by atoms with van der Waals surface area (Å²) in [6.45, 7) is 4.84. The molecule has 1 amide bonds. The molecule has 1 N–H and O–H groups in total. The summed E-state index contributed by atoms with van der Waals surface area (Å²) in [5.74, 6) is 0.188. The summed E-state index contributed by atoms with van der Waals surface area (Å²) in [6.07, 6.45) is 0.551. The molecule has 0 spiro atoms. The second kappa shape index (κ2) is 5.46. The van der Waals surface area contributed by atoms with Gasteiger partial charge >= 0.3 is 0 Å². The lowest BCUT2D eigenvalue weighted by Gasteiger charge is -2.40. The normalized spacial score (nSPS) is 18.6. The van der Waals surface area contributed by atoms with Crippen molar-refractivity contribution < 1.29 is 9.18 Å². The maximum absolute atomic E-state index is 13.8. The first-order valence-corrected chi connectivity index (χ1v) is 7.10. The van der Waals surface area contributed by atoms with Gasteiger partial charge in [0.2, 0.25) is 5.91 Å². The van der Waals surface area contributed by atoms with Gasteiger partial charge < -0.3 is 10.2 Å². The monoisotopic (exact) mass is 282 g/mol. The summed E-state index contributed by atoms with van der Waals surface area (Å²) >= 11 is 0. The highest BCUT2D eigenvalue weighted by Crippen LogP contribution is 2.33. The number of alkyl halides is 1. The van der Waals surface area contributed by atoms with Crippen LogP contribution in [0.3, 0.4) is 0 Å². The van der Waals surface area contributed by atoms with Gasteiger partial charge in [0, 0.05) is 25.2 Å². The third-order valence-corrected chi connectivity index (χ3v) is 3.67. The minimum atomic E-state index is -1.42. The molecule has 1 aromatic rings. The molecule has 0 bridgehead atoms. The Labute approximate surface area is 115 Å². The van der Waals surface area contributed by atoms with Gasteiger partial charge in [0.25, 0.3) is 0 Å². The molecule has 0 aliphatic carbocycles. The molecule has 0 radical (unpaired) electrons. The largest absolute Gasteiger partial charge is 0.379 e. The Hall–Kier alpha value is -1.15. The third kappa shape index (κ3) is 3.44. The molecule has 1 saturated heterocycles. The van der Waals surface area contributed by atoms with Gasteiger partial charge in [-0.05, 0) is 24.6 Å². The Morgan fingerprint density at radius 1 is 1.58 bits per heavy atom. The number of rotatable bonds is 4. The van der Waals surface area contributed by atoms with E-state index in [0.717, 1.165) is 18.8 Å². The lowest BCUT2D eigenvalue weighted by Crippen LogP contribution is -2.56. The fraction of sp³-hybridized carbons (Fsp3) is 0.500. The molecule has 2 rings (SSSR count). The van der Waals surface area contributed by atoms with Crippen molar-refractivity contribution in [1.82, 2.24) is 4.90 Å². The third-order valence-electron chi connectivity index (χ3n) is 3.33. The number of likely N-dealkylation sites (tertiary alicyclic amines) is 1. The van der Waals surface area contributed by atoms with E-state index in [-0.39, 0.29) is 11.9 Å². The minimum absolute atomic E-state index is 0.188. The van der Waals surface area contributed by atoms with Crippen LogP contribution < -0.4 is 5.32 Å². The standard InChI is InChI=1S/C14H20FN2OP/c1-3-13(18)17-8-12(9-17)16-11-6-4-5-10(7-11)14(2,15)19/h4-7,12,16H,3,8-9,19H2,1-2H3. The summed E-state index contributed by atoms with van der Waals surface area (Å²) in [6, 6.07) is 7.61. The quantitative estimate of drug-likeness (QED) is 0.861. The van der Waals surface area contributed by atoms with Crippen molar-refractivity contribution in [2.45, 2.75) is 31.7 Å². The van der Waals surface area contributed by atoms with Crippen LogP contribution in [-0.4, -0.2) is 29.9 Å². The van der Waals surface area contributed by atoms with E-state index in [9.17, 15) is 9.18 Å². The highest BCUT2D eigenvalue weighted by molar-refractivity contribution is 7.18. The first-order chi connectivity index (χ1) is 8.90. The predicted octanol–water partition coefficient (Wildman–Crippen LogP) is 2.74. The van der Waals surface area contributed by atoms with Gasteiger partial charge in [-0.25, -0.2) is 4.39 Å². The Morgan fingerprint density at radius 2 is 2.26 bits per heavy atom. The topological polar surface area (TPSA) is 32.3 Å². The molecule has 2 unspecified atom stereocenters. The fourth-order valence-corrected chi connectivity index (χ4v) is 2.33. The second-order valence-electron chi connectivity index (χ2n) is 5.15. The molecule has 5 heteroatoms. The average Bonchev–Trinajstić information content (AvgIpc) is 2.31. The van der Waals surface area contributed by atoms with E-state index in [4.69, 9.17) is 0 Å². The molecular weight excluding hydrogens is 262 g/mol. The summed E-state index contributed by atoms with van der Waals surface area (Å²) in [7, 11) is 2.20. The van der Waals surface area contributed by atoms with Gasteiger partial charge in [-0.15, -0.1) is 0 Å². The van der Waals surface area contributed by atoms with Gasteiger partial charge in [-0.2, -0.15) is 0 Å². The van der Waals surface area contributed by atoms with Crippen LogP contribution in [0.2, 0.25) is 0 Å². The van der Waals surface area contributed by atoms with Gasteiger partial charge in [0.05, 0.1) is 6.04 Å². The smallest absolute Gasteiger partial charge is 0.222 e. The summed E-state index contributed by atoms with van der Waals surface area (Å²) in [5.41, 5.74) is 1.53. The first-order valence-electron chi connectivity index (χ1n) is 6.53. The van der Waals surface area contributed by atoms with Crippen LogP contribution in [0.1, 0.15) is 25.8 Å². The molecule has 3 nitrogen and oxygen atoms in total. The highest BCUT2D eigenvalue weighted by Gasteiger charge is 2.29. The number of anilines is 1. The summed E-state index contributed by atoms with van der Waals surface area (Å²) < 4.78 is 13.8. The summed E-state index contributed by atoms with van der Waals surface area (Å²) in [4.78, 5) is 13.3. The average molecular weight is 282 g/mol. The molecule has 0 aromatic heterocycles. The van der Waals surface area contributed by atoms with Crippen molar-refractivity contribution in [3.05, 3.63) is 29.8 Å². The Morgan fingerprint density at radius 3 is 2.84 bits per heavy atom. The number of benzene rings is 1. The number of carbonyl (C=O) groups is 1. The van der Waals surface area contributed by atoms with E-state index < -0.39 is 5.41 Å². The van der Waals surface area contributed by atoms with Crippen LogP contribution in [-0.2, 0) is 10.2 Å². The molecule has 1 aliphatic heterocycles. The van der Waals surface area contributed by atoms with Crippen LogP contribution in [0.15, 0.2) is 24.3 Å². The van der Waals surface area contributed by atoms with E-state index in [1.54, 1.807) is 6.07 Å². The van der Waals surface area contributed by atoms with Gasteiger partial charge in [0.1, 0.15) is 5.41 Å². The van der Waals surface area contributed by atoms with Crippen LogP contribution in [0.4, 0.5) is 10.1 Å². The number of amides is 1. The Bertz CT molecular complexity index is 467. The Balaban J connectivity index is 1.93. The molecule has 1 aliphatic rings. The molecule has 1 fully saturated rings. The lowest BCUT2D eigenvalue weighted by atomic mass is 10.1. The van der Waals surface area contributed by atoms with Gasteiger partial charge in [0.15, 0.2) is 0 Å². The zero-order valence-electron chi connectivity index (χ0n) is 11.3. The zero-order chi connectivity index (χ0) is 14.0. The predicted molar refractivity (Wildman–Crippen MR) is 78.9 cm³/mol. The van der Waals surface area contributed by atoms with Crippen molar-refractivity contribution >= 4 is 20.8 Å². The molecule has 1 heterocycles. The number of nitrogens with zero attached hydrogens (tertiary/aromatic N) is 1. The van der Waals surface area contributed by atoms with Crippen molar-refractivity contribution in [2.24, 2.45) is 0 Å². The van der Waals surface area contributed by atoms with Crippen molar-refractivity contribution in [1.29, 1.82) is 0 Å². The molecule has 1 aromatic carbocycles. The maximum Gasteiger partial charge on any atom is 0.222 e. The van der Waals surface area contributed by atoms with E-state index in [2.05, 4.69) is 14.6 Å². The molecule has 0 saturated carbocycles. The fourth-order valence-electron chi connectivity index (χ4n) is 2.15. The minimum Gasteiger partial charge on any atom is -0.379 e. The SMILES string of the molecule is CCC(=O)N1CC(Nc2cccc(C(C)(F)P)c2)C1. The highest BCUT2D eigenvalue weighted by atomic mass is 31.0. The van der Waals surface area contributed by atoms with E-state index in [0.29, 0.717) is 12.0 Å². The number of hydrogen-bond acceptors (Lipinski definition) is 2. The van der Waals surface area contributed by atoms with E-state index >= 15 is 0 Å². The van der Waals surface area contributed by atoms with Crippen LogP contribution in [0.5, 0.6) is 0 Å².